The molecule has 0 saturated carbocycles. The van der Waals surface area contributed by atoms with E-state index >= 15 is 0 Å². The van der Waals surface area contributed by atoms with E-state index < -0.39 is 0 Å². The molecule has 108 valence electrons. The Morgan fingerprint density at radius 1 is 1.20 bits per heavy atom. The summed E-state index contributed by atoms with van der Waals surface area (Å²) in [4.78, 5) is 10.5. The summed E-state index contributed by atoms with van der Waals surface area (Å²) in [6.45, 7) is 9.36. The van der Waals surface area contributed by atoms with Crippen LogP contribution in [0, 0.1) is 0 Å². The Hall–Kier alpha value is -0.460. The van der Waals surface area contributed by atoms with E-state index in [0.29, 0.717) is 0 Å². The number of hydrogen-bond acceptors (Lipinski definition) is 4. The van der Waals surface area contributed by atoms with Crippen molar-refractivity contribution in [2.45, 2.75) is 33.1 Å². The zero-order valence-corrected chi connectivity index (χ0v) is 15.9. The second-order valence-electron chi connectivity index (χ2n) is 5.44. The van der Waals surface area contributed by atoms with E-state index in [9.17, 15) is 0 Å². The Morgan fingerprint density at radius 3 is 2.40 bits per heavy atom. The van der Waals surface area contributed by atoms with Gasteiger partial charge in [0.15, 0.2) is 5.82 Å². The normalized spacial score (nSPS) is 11.7. The largest absolute Gasteiger partial charge is 0.369 e. The average Bonchev–Trinajstić information content (AvgIpc) is 2.77. The van der Waals surface area contributed by atoms with Gasteiger partial charge in [0.25, 0.3) is 0 Å². The second-order valence-corrected chi connectivity index (χ2v) is 8.70. The lowest BCUT2D eigenvalue weighted by molar-refractivity contribution is 0.564. The van der Waals surface area contributed by atoms with Gasteiger partial charge < -0.3 is 5.32 Å². The molecule has 0 fully saturated rings. The molecule has 0 unspecified atom stereocenters. The molecule has 3 nitrogen and oxygen atoms in total. The minimum atomic E-state index is -0.0464. The fraction of sp³-hybridized carbons (Fsp3) is 0.429. The van der Waals surface area contributed by atoms with Crippen molar-refractivity contribution in [3.8, 4) is 10.7 Å². The smallest absolute Gasteiger partial charge is 0.171 e. The van der Waals surface area contributed by atoms with Crippen LogP contribution in [0.1, 0.15) is 33.4 Å². The van der Waals surface area contributed by atoms with Gasteiger partial charge in [-0.3, -0.25) is 0 Å². The maximum Gasteiger partial charge on any atom is 0.171 e. The number of nitrogens with zero attached hydrogens (tertiary/aromatic N) is 2. The molecule has 0 atom stereocenters. The topological polar surface area (TPSA) is 37.8 Å². The van der Waals surface area contributed by atoms with Gasteiger partial charge in [-0.25, -0.2) is 9.97 Å². The maximum atomic E-state index is 4.76. The first-order chi connectivity index (χ1) is 9.32. The van der Waals surface area contributed by atoms with Crippen LogP contribution in [0.3, 0.4) is 0 Å². The third-order valence-corrected chi connectivity index (χ3v) is 5.07. The van der Waals surface area contributed by atoms with E-state index in [1.165, 1.54) is 0 Å². The first kappa shape index (κ1) is 15.9. The molecule has 0 aliphatic carbocycles. The summed E-state index contributed by atoms with van der Waals surface area (Å²) in [5, 5.41) is 3.30. The summed E-state index contributed by atoms with van der Waals surface area (Å²) in [7, 11) is 0. The van der Waals surface area contributed by atoms with Crippen molar-refractivity contribution in [1.29, 1.82) is 0 Å². The predicted octanol–water partition coefficient (Wildman–Crippen LogP) is 5.46. The van der Waals surface area contributed by atoms with E-state index in [-0.39, 0.29) is 5.41 Å². The average molecular weight is 419 g/mol. The van der Waals surface area contributed by atoms with E-state index in [0.717, 1.165) is 37.0 Å². The van der Waals surface area contributed by atoms with Gasteiger partial charge in [0.1, 0.15) is 5.82 Å². The Balaban J connectivity index is 2.61. The Labute approximate surface area is 140 Å². The monoisotopic (exact) mass is 417 g/mol. The van der Waals surface area contributed by atoms with Crippen LogP contribution < -0.4 is 5.32 Å². The second kappa shape index (κ2) is 6.12. The zero-order valence-electron chi connectivity index (χ0n) is 11.9. The van der Waals surface area contributed by atoms with Crippen LogP contribution in [0.2, 0.25) is 0 Å². The molecule has 2 heterocycles. The van der Waals surface area contributed by atoms with Crippen molar-refractivity contribution in [3.63, 3.8) is 0 Å². The van der Waals surface area contributed by atoms with Crippen molar-refractivity contribution in [2.75, 3.05) is 11.9 Å². The fourth-order valence-corrected chi connectivity index (χ4v) is 4.01. The minimum Gasteiger partial charge on any atom is -0.369 e. The Morgan fingerprint density at radius 2 is 1.90 bits per heavy atom. The highest BCUT2D eigenvalue weighted by atomic mass is 79.9. The third-order valence-electron chi connectivity index (χ3n) is 2.70. The van der Waals surface area contributed by atoms with E-state index in [4.69, 9.17) is 4.98 Å². The van der Waals surface area contributed by atoms with Gasteiger partial charge in [0.2, 0.25) is 0 Å². The van der Waals surface area contributed by atoms with Crippen LogP contribution in [0.5, 0.6) is 0 Å². The molecule has 0 bridgehead atoms. The molecule has 2 aromatic rings. The number of hydrogen-bond donors (Lipinski definition) is 1. The lowest BCUT2D eigenvalue weighted by atomic mass is 9.92. The molecular weight excluding hydrogens is 402 g/mol. The quantitative estimate of drug-likeness (QED) is 0.718. The van der Waals surface area contributed by atoms with Gasteiger partial charge in [-0.1, -0.05) is 20.8 Å². The van der Waals surface area contributed by atoms with Crippen molar-refractivity contribution in [3.05, 3.63) is 26.1 Å². The predicted molar refractivity (Wildman–Crippen MR) is 93.6 cm³/mol. The molecule has 0 aromatic carbocycles. The summed E-state index contributed by atoms with van der Waals surface area (Å²) < 4.78 is 2.03. The number of rotatable bonds is 3. The Kier molecular flexibility index (Phi) is 4.87. The molecule has 1 N–H and O–H groups in total. The third kappa shape index (κ3) is 3.40. The van der Waals surface area contributed by atoms with Gasteiger partial charge in [0, 0.05) is 12.0 Å². The van der Waals surface area contributed by atoms with Crippen molar-refractivity contribution < 1.29 is 0 Å². The van der Waals surface area contributed by atoms with Gasteiger partial charge >= 0.3 is 0 Å². The highest BCUT2D eigenvalue weighted by molar-refractivity contribution is 9.11. The highest BCUT2D eigenvalue weighted by Gasteiger charge is 2.23. The number of halogens is 2. The number of thiophene rings is 1. The molecule has 0 aliphatic heterocycles. The van der Waals surface area contributed by atoms with Gasteiger partial charge in [0.05, 0.1) is 18.8 Å². The van der Waals surface area contributed by atoms with Crippen LogP contribution in [0.4, 0.5) is 5.82 Å². The summed E-state index contributed by atoms with van der Waals surface area (Å²) in [6, 6.07) is 4.06. The molecule has 2 aromatic heterocycles. The molecule has 0 amide bonds. The number of anilines is 1. The van der Waals surface area contributed by atoms with Gasteiger partial charge in [-0.15, -0.1) is 11.3 Å². The van der Waals surface area contributed by atoms with Crippen molar-refractivity contribution in [1.82, 2.24) is 9.97 Å². The Bertz CT molecular complexity index is 617. The maximum absolute atomic E-state index is 4.76. The number of nitrogens with one attached hydrogen (secondary N) is 1. The molecule has 0 aliphatic rings. The summed E-state index contributed by atoms with van der Waals surface area (Å²) in [5.74, 6) is 1.62. The van der Waals surface area contributed by atoms with E-state index in [1.54, 1.807) is 11.3 Å². The van der Waals surface area contributed by atoms with E-state index in [2.05, 4.69) is 69.9 Å². The van der Waals surface area contributed by atoms with Crippen LogP contribution in [0.25, 0.3) is 10.7 Å². The van der Waals surface area contributed by atoms with Crippen LogP contribution in [0.15, 0.2) is 20.4 Å². The van der Waals surface area contributed by atoms with Crippen LogP contribution >= 0.6 is 43.2 Å². The van der Waals surface area contributed by atoms with Gasteiger partial charge in [-0.05, 0) is 50.9 Å². The summed E-state index contributed by atoms with van der Waals surface area (Å²) >= 11 is 8.77. The van der Waals surface area contributed by atoms with Crippen LogP contribution in [-0.4, -0.2) is 16.5 Å². The lowest BCUT2D eigenvalue weighted by Gasteiger charge is -2.21. The molecule has 0 radical (unpaired) electrons. The van der Waals surface area contributed by atoms with E-state index in [1.807, 2.05) is 12.1 Å². The molecular formula is C14H17Br2N3S. The highest BCUT2D eigenvalue weighted by Crippen LogP contribution is 2.36. The van der Waals surface area contributed by atoms with Crippen molar-refractivity contribution >= 4 is 49.0 Å². The van der Waals surface area contributed by atoms with Crippen LogP contribution in [-0.2, 0) is 5.41 Å². The molecule has 0 spiro atoms. The SMILES string of the molecule is CCNc1nc(-c2ccc(Br)s2)nc(C(C)(C)C)c1Br. The molecule has 0 saturated heterocycles. The summed E-state index contributed by atoms with van der Waals surface area (Å²) in [6.07, 6.45) is 0. The minimum absolute atomic E-state index is 0.0464. The molecule has 2 rings (SSSR count). The fourth-order valence-electron chi connectivity index (χ4n) is 1.77. The zero-order chi connectivity index (χ0) is 14.9. The lowest BCUT2D eigenvalue weighted by Crippen LogP contribution is -2.17. The molecule has 6 heteroatoms. The standard InChI is InChI=1S/C14H17Br2N3S/c1-5-17-13-10(16)11(14(2,3)4)18-12(19-13)8-6-7-9(15)20-8/h6-7H,5H2,1-4H3,(H,17,18,19). The van der Waals surface area contributed by atoms with Crippen molar-refractivity contribution in [2.24, 2.45) is 0 Å². The first-order valence-electron chi connectivity index (χ1n) is 6.40. The summed E-state index contributed by atoms with van der Waals surface area (Å²) in [5.41, 5.74) is 0.970. The van der Waals surface area contributed by atoms with Gasteiger partial charge in [-0.2, -0.15) is 0 Å². The molecule has 20 heavy (non-hydrogen) atoms. The number of aromatic nitrogens is 2. The first-order valence-corrected chi connectivity index (χ1v) is 8.80.